The van der Waals surface area contributed by atoms with Gasteiger partial charge in [-0.25, -0.2) is 0 Å². The predicted molar refractivity (Wildman–Crippen MR) is 77.1 cm³/mol. The van der Waals surface area contributed by atoms with E-state index in [2.05, 4.69) is 15.3 Å². The van der Waals surface area contributed by atoms with Crippen LogP contribution in [0.5, 0.6) is 11.6 Å². The van der Waals surface area contributed by atoms with Crippen LogP contribution in [0.25, 0.3) is 0 Å². The van der Waals surface area contributed by atoms with E-state index in [1.54, 1.807) is 24.3 Å². The minimum absolute atomic E-state index is 0.117. The van der Waals surface area contributed by atoms with E-state index in [-0.39, 0.29) is 5.95 Å². The fourth-order valence-electron chi connectivity index (χ4n) is 1.43. The molecule has 1 aromatic heterocycles. The topological polar surface area (TPSA) is 73.1 Å². The number of halogens is 2. The van der Waals surface area contributed by atoms with Gasteiger partial charge in [-0.05, 0) is 19.1 Å². The molecule has 0 aliphatic rings. The highest BCUT2D eigenvalue weighted by atomic mass is 35.5. The quantitative estimate of drug-likeness (QED) is 0.902. The number of rotatable bonds is 4. The third-order valence-electron chi connectivity index (χ3n) is 2.19. The lowest BCUT2D eigenvalue weighted by molar-refractivity contribution is 0.463. The zero-order valence-electron chi connectivity index (χ0n) is 10.2. The summed E-state index contributed by atoms with van der Waals surface area (Å²) in [6, 6.07) is 6.57. The molecule has 0 saturated carbocycles. The molecule has 5 nitrogen and oxygen atoms in total. The molecule has 0 saturated heterocycles. The van der Waals surface area contributed by atoms with Crippen LogP contribution in [0.3, 0.4) is 0 Å². The van der Waals surface area contributed by atoms with Crippen LogP contribution in [-0.4, -0.2) is 16.5 Å². The van der Waals surface area contributed by atoms with Crippen LogP contribution in [0.2, 0.25) is 10.0 Å². The summed E-state index contributed by atoms with van der Waals surface area (Å²) in [6.45, 7) is 2.67. The van der Waals surface area contributed by atoms with E-state index >= 15 is 0 Å². The second-order valence-electron chi connectivity index (χ2n) is 3.66. The van der Waals surface area contributed by atoms with Gasteiger partial charge in [-0.2, -0.15) is 9.97 Å². The number of benzene rings is 1. The lowest BCUT2D eigenvalue weighted by Crippen LogP contribution is -2.04. The second-order valence-corrected chi connectivity index (χ2v) is 4.50. The van der Waals surface area contributed by atoms with E-state index in [1.807, 2.05) is 6.92 Å². The van der Waals surface area contributed by atoms with Gasteiger partial charge in [0.2, 0.25) is 11.8 Å². The zero-order chi connectivity index (χ0) is 13.8. The second kappa shape index (κ2) is 5.95. The molecule has 1 heterocycles. The summed E-state index contributed by atoms with van der Waals surface area (Å²) in [7, 11) is 0. The molecule has 3 N–H and O–H groups in total. The van der Waals surface area contributed by atoms with Crippen molar-refractivity contribution in [2.24, 2.45) is 0 Å². The lowest BCUT2D eigenvalue weighted by atomic mass is 10.3. The number of nitrogens with one attached hydrogen (secondary N) is 1. The van der Waals surface area contributed by atoms with Crippen molar-refractivity contribution >= 4 is 35.0 Å². The van der Waals surface area contributed by atoms with E-state index < -0.39 is 0 Å². The lowest BCUT2D eigenvalue weighted by Gasteiger charge is -2.09. The Morgan fingerprint density at radius 2 is 2.05 bits per heavy atom. The molecule has 0 radical (unpaired) electrons. The summed E-state index contributed by atoms with van der Waals surface area (Å²) >= 11 is 11.9. The Bertz CT molecular complexity index is 592. The predicted octanol–water partition coefficient (Wildman–Crippen LogP) is 3.59. The molecule has 2 aromatic rings. The molecule has 2 rings (SSSR count). The zero-order valence-corrected chi connectivity index (χ0v) is 11.7. The standard InChI is InChI=1S/C12H12Cl2N4O/c1-2-16-10-6-11(18-12(15)17-10)19-9-5-7(13)3-4-8(9)14/h3-6H,2H2,1H3,(H3,15,16,17,18). The maximum absolute atomic E-state index is 6.01. The van der Waals surface area contributed by atoms with Crippen LogP contribution in [0.4, 0.5) is 11.8 Å². The number of nitrogens with two attached hydrogens (primary N) is 1. The highest BCUT2D eigenvalue weighted by Crippen LogP contribution is 2.31. The number of hydrogen-bond acceptors (Lipinski definition) is 5. The number of anilines is 2. The number of ether oxygens (including phenoxy) is 1. The number of hydrogen-bond donors (Lipinski definition) is 2. The molecule has 100 valence electrons. The largest absolute Gasteiger partial charge is 0.437 e. The van der Waals surface area contributed by atoms with Crippen molar-refractivity contribution in [1.82, 2.24) is 9.97 Å². The molecular weight excluding hydrogens is 287 g/mol. The van der Waals surface area contributed by atoms with Crippen LogP contribution in [0, 0.1) is 0 Å². The van der Waals surface area contributed by atoms with Crippen molar-refractivity contribution < 1.29 is 4.74 Å². The van der Waals surface area contributed by atoms with Crippen LogP contribution < -0.4 is 15.8 Å². The average Bonchev–Trinajstić information content (AvgIpc) is 2.33. The summed E-state index contributed by atoms with van der Waals surface area (Å²) < 4.78 is 5.57. The van der Waals surface area contributed by atoms with Gasteiger partial charge < -0.3 is 15.8 Å². The number of aromatic nitrogens is 2. The monoisotopic (exact) mass is 298 g/mol. The van der Waals surface area contributed by atoms with Crippen molar-refractivity contribution in [3.63, 3.8) is 0 Å². The van der Waals surface area contributed by atoms with Gasteiger partial charge in [0.1, 0.15) is 11.6 Å². The Hall–Kier alpha value is -1.72. The minimum atomic E-state index is 0.117. The maximum atomic E-state index is 6.01. The first-order chi connectivity index (χ1) is 9.08. The first-order valence-corrected chi connectivity index (χ1v) is 6.35. The highest BCUT2D eigenvalue weighted by Gasteiger charge is 2.08. The van der Waals surface area contributed by atoms with Crippen LogP contribution in [0.1, 0.15) is 6.92 Å². The summed E-state index contributed by atoms with van der Waals surface area (Å²) in [5, 5.41) is 3.99. The van der Waals surface area contributed by atoms with Gasteiger partial charge >= 0.3 is 0 Å². The highest BCUT2D eigenvalue weighted by molar-refractivity contribution is 6.34. The molecule has 0 amide bonds. The molecule has 0 fully saturated rings. The molecule has 0 aliphatic carbocycles. The molecule has 0 unspecified atom stereocenters. The SMILES string of the molecule is CCNc1cc(Oc2cc(Cl)ccc2Cl)nc(N)n1. The number of nitrogen functional groups attached to an aromatic ring is 1. The van der Waals surface area contributed by atoms with Gasteiger partial charge in [-0.3, -0.25) is 0 Å². The third kappa shape index (κ3) is 3.62. The van der Waals surface area contributed by atoms with E-state index in [9.17, 15) is 0 Å². The Balaban J connectivity index is 2.29. The Morgan fingerprint density at radius 1 is 1.26 bits per heavy atom. The van der Waals surface area contributed by atoms with Gasteiger partial charge in [-0.1, -0.05) is 23.2 Å². The molecule has 1 aromatic carbocycles. The third-order valence-corrected chi connectivity index (χ3v) is 2.73. The van der Waals surface area contributed by atoms with Crippen LogP contribution in [-0.2, 0) is 0 Å². The summed E-state index contributed by atoms with van der Waals surface area (Å²) in [4.78, 5) is 8.01. The minimum Gasteiger partial charge on any atom is -0.437 e. The average molecular weight is 299 g/mol. The van der Waals surface area contributed by atoms with Crippen molar-refractivity contribution in [2.75, 3.05) is 17.6 Å². The maximum Gasteiger partial charge on any atom is 0.226 e. The van der Waals surface area contributed by atoms with Gasteiger partial charge in [-0.15, -0.1) is 0 Å². The van der Waals surface area contributed by atoms with E-state index in [0.29, 0.717) is 34.0 Å². The van der Waals surface area contributed by atoms with Gasteiger partial charge in [0.25, 0.3) is 0 Å². The van der Waals surface area contributed by atoms with E-state index in [0.717, 1.165) is 0 Å². The van der Waals surface area contributed by atoms with Gasteiger partial charge in [0.15, 0.2) is 0 Å². The van der Waals surface area contributed by atoms with Crippen molar-refractivity contribution in [1.29, 1.82) is 0 Å². The molecule has 0 aliphatic heterocycles. The fraction of sp³-hybridized carbons (Fsp3) is 0.167. The summed E-state index contributed by atoms with van der Waals surface area (Å²) in [5.74, 6) is 1.41. The molecular formula is C12H12Cl2N4O. The molecule has 19 heavy (non-hydrogen) atoms. The Morgan fingerprint density at radius 3 is 2.79 bits per heavy atom. The fourth-order valence-corrected chi connectivity index (χ4v) is 1.75. The molecule has 7 heteroatoms. The van der Waals surface area contributed by atoms with Crippen LogP contribution in [0.15, 0.2) is 24.3 Å². The van der Waals surface area contributed by atoms with Crippen LogP contribution >= 0.6 is 23.2 Å². The van der Waals surface area contributed by atoms with Crippen molar-refractivity contribution in [2.45, 2.75) is 6.92 Å². The Kier molecular flexibility index (Phi) is 4.29. The molecule has 0 spiro atoms. The van der Waals surface area contributed by atoms with E-state index in [4.69, 9.17) is 33.7 Å². The van der Waals surface area contributed by atoms with E-state index in [1.165, 1.54) is 0 Å². The van der Waals surface area contributed by atoms with Crippen molar-refractivity contribution in [3.05, 3.63) is 34.3 Å². The first kappa shape index (κ1) is 13.7. The first-order valence-electron chi connectivity index (χ1n) is 5.60. The molecule has 0 atom stereocenters. The summed E-state index contributed by atoms with van der Waals surface area (Å²) in [6.07, 6.45) is 0. The van der Waals surface area contributed by atoms with Gasteiger partial charge in [0, 0.05) is 23.7 Å². The Labute approximate surface area is 120 Å². The van der Waals surface area contributed by atoms with Gasteiger partial charge in [0.05, 0.1) is 5.02 Å². The number of nitrogens with zero attached hydrogens (tertiary/aromatic N) is 2. The smallest absolute Gasteiger partial charge is 0.226 e. The normalized spacial score (nSPS) is 10.3. The molecule has 0 bridgehead atoms. The van der Waals surface area contributed by atoms with Crippen molar-refractivity contribution in [3.8, 4) is 11.6 Å². The summed E-state index contributed by atoms with van der Waals surface area (Å²) in [5.41, 5.74) is 5.61.